The predicted octanol–water partition coefficient (Wildman–Crippen LogP) is 3.40. The zero-order valence-electron chi connectivity index (χ0n) is 15.1. The summed E-state index contributed by atoms with van der Waals surface area (Å²) in [4.78, 5) is 26.0. The number of rotatable bonds is 6. The van der Waals surface area contributed by atoms with Crippen LogP contribution in [0.3, 0.4) is 0 Å². The molecule has 0 spiro atoms. The van der Waals surface area contributed by atoms with Crippen LogP contribution in [0, 0.1) is 11.7 Å². The van der Waals surface area contributed by atoms with Crippen LogP contribution in [0.15, 0.2) is 48.5 Å². The third kappa shape index (κ3) is 4.97. The van der Waals surface area contributed by atoms with Crippen LogP contribution in [0.5, 0.6) is 5.75 Å². The number of carbonyl (C=O) groups is 2. The molecule has 27 heavy (non-hydrogen) atoms. The first-order valence-corrected chi connectivity index (χ1v) is 8.89. The summed E-state index contributed by atoms with van der Waals surface area (Å²) in [7, 11) is 0. The second-order valence-electron chi connectivity index (χ2n) is 6.34. The highest BCUT2D eigenvalue weighted by Gasteiger charge is 2.30. The number of benzene rings is 2. The standard InChI is InChI=1S/C20H22FN3O3/c1-2-27-18-9-7-17(8-10-18)24-13-14(11-19(24)25)12-22-20(26)23-16-5-3-15(21)4-6-16/h3-10,14H,2,11-13H2,1H3,(H2,22,23,26)/t14-/m0/s1. The van der Waals surface area contributed by atoms with Crippen molar-refractivity contribution in [3.05, 3.63) is 54.3 Å². The fourth-order valence-corrected chi connectivity index (χ4v) is 3.00. The maximum Gasteiger partial charge on any atom is 0.319 e. The first-order valence-electron chi connectivity index (χ1n) is 8.89. The molecule has 1 heterocycles. The SMILES string of the molecule is CCOc1ccc(N2C[C@H](CNC(=O)Nc3ccc(F)cc3)CC2=O)cc1. The summed E-state index contributed by atoms with van der Waals surface area (Å²) in [6.45, 7) is 3.44. The van der Waals surface area contributed by atoms with E-state index in [4.69, 9.17) is 4.74 Å². The van der Waals surface area contributed by atoms with Gasteiger partial charge in [0.15, 0.2) is 0 Å². The van der Waals surface area contributed by atoms with Gasteiger partial charge in [0.05, 0.1) is 6.61 Å². The van der Waals surface area contributed by atoms with E-state index in [1.54, 1.807) is 4.90 Å². The second-order valence-corrected chi connectivity index (χ2v) is 6.34. The quantitative estimate of drug-likeness (QED) is 0.818. The Balaban J connectivity index is 1.50. The molecular weight excluding hydrogens is 349 g/mol. The van der Waals surface area contributed by atoms with Crippen molar-refractivity contribution in [1.82, 2.24) is 5.32 Å². The molecule has 3 rings (SSSR count). The van der Waals surface area contributed by atoms with Crippen molar-refractivity contribution in [2.45, 2.75) is 13.3 Å². The number of nitrogens with zero attached hydrogens (tertiary/aromatic N) is 1. The lowest BCUT2D eigenvalue weighted by molar-refractivity contribution is -0.117. The van der Waals surface area contributed by atoms with Crippen molar-refractivity contribution in [1.29, 1.82) is 0 Å². The van der Waals surface area contributed by atoms with Crippen molar-refractivity contribution in [3.63, 3.8) is 0 Å². The number of hydrogen-bond acceptors (Lipinski definition) is 3. The van der Waals surface area contributed by atoms with E-state index in [9.17, 15) is 14.0 Å². The van der Waals surface area contributed by atoms with Crippen LogP contribution in [-0.2, 0) is 4.79 Å². The van der Waals surface area contributed by atoms with Gasteiger partial charge in [-0.25, -0.2) is 9.18 Å². The zero-order valence-corrected chi connectivity index (χ0v) is 15.1. The van der Waals surface area contributed by atoms with Crippen molar-refractivity contribution in [2.75, 3.05) is 29.9 Å². The van der Waals surface area contributed by atoms with E-state index < -0.39 is 0 Å². The summed E-state index contributed by atoms with van der Waals surface area (Å²) in [5.74, 6) is 0.469. The predicted molar refractivity (Wildman–Crippen MR) is 101 cm³/mol. The van der Waals surface area contributed by atoms with Gasteiger partial charge in [0.1, 0.15) is 11.6 Å². The smallest absolute Gasteiger partial charge is 0.319 e. The molecule has 0 radical (unpaired) electrons. The van der Waals surface area contributed by atoms with Gasteiger partial charge in [0.2, 0.25) is 5.91 Å². The van der Waals surface area contributed by atoms with Crippen molar-refractivity contribution in [3.8, 4) is 5.75 Å². The van der Waals surface area contributed by atoms with Crippen LogP contribution >= 0.6 is 0 Å². The normalized spacial score (nSPS) is 16.3. The summed E-state index contributed by atoms with van der Waals surface area (Å²) in [5, 5.41) is 5.40. The highest BCUT2D eigenvalue weighted by Crippen LogP contribution is 2.26. The van der Waals surface area contributed by atoms with E-state index in [0.717, 1.165) is 11.4 Å². The first kappa shape index (κ1) is 18.7. The molecule has 3 amide bonds. The number of urea groups is 1. The number of hydrogen-bond donors (Lipinski definition) is 2. The molecule has 1 aliphatic heterocycles. The van der Waals surface area contributed by atoms with Gasteiger partial charge < -0.3 is 20.3 Å². The summed E-state index contributed by atoms with van der Waals surface area (Å²) in [6, 6.07) is 12.6. The molecule has 1 aliphatic rings. The van der Waals surface area contributed by atoms with Gasteiger partial charge in [-0.05, 0) is 55.5 Å². The number of anilines is 2. The molecule has 2 aromatic rings. The Bertz CT molecular complexity index is 793. The molecule has 1 fully saturated rings. The molecule has 0 unspecified atom stereocenters. The Hall–Kier alpha value is -3.09. The van der Waals surface area contributed by atoms with Gasteiger partial charge in [-0.15, -0.1) is 0 Å². The van der Waals surface area contributed by atoms with Gasteiger partial charge >= 0.3 is 6.03 Å². The lowest BCUT2D eigenvalue weighted by atomic mass is 10.1. The van der Waals surface area contributed by atoms with Gasteiger partial charge in [-0.3, -0.25) is 4.79 Å². The van der Waals surface area contributed by atoms with Gasteiger partial charge in [0, 0.05) is 36.8 Å². The zero-order chi connectivity index (χ0) is 19.2. The summed E-state index contributed by atoms with van der Waals surface area (Å²) in [6.07, 6.45) is 0.379. The van der Waals surface area contributed by atoms with Crippen molar-refractivity contribution >= 4 is 23.3 Å². The molecule has 1 saturated heterocycles. The van der Waals surface area contributed by atoms with Crippen LogP contribution < -0.4 is 20.3 Å². The second kappa shape index (κ2) is 8.53. The lowest BCUT2D eigenvalue weighted by Crippen LogP contribution is -2.34. The fourth-order valence-electron chi connectivity index (χ4n) is 3.00. The Morgan fingerprint density at radius 3 is 2.56 bits per heavy atom. The minimum Gasteiger partial charge on any atom is -0.494 e. The molecule has 7 heteroatoms. The van der Waals surface area contributed by atoms with Crippen LogP contribution in [-0.4, -0.2) is 31.6 Å². The molecule has 0 aliphatic carbocycles. The minimum absolute atomic E-state index is 0.0306. The van der Waals surface area contributed by atoms with Crippen LogP contribution in [0.2, 0.25) is 0 Å². The Kier molecular flexibility index (Phi) is 5.90. The number of carbonyl (C=O) groups excluding carboxylic acids is 2. The number of amides is 3. The van der Waals surface area contributed by atoms with Crippen LogP contribution in [0.1, 0.15) is 13.3 Å². The molecule has 0 bridgehead atoms. The average Bonchev–Trinajstić information content (AvgIpc) is 3.04. The molecular formula is C20H22FN3O3. The third-order valence-electron chi connectivity index (χ3n) is 4.32. The van der Waals surface area contributed by atoms with Crippen molar-refractivity contribution in [2.24, 2.45) is 5.92 Å². The number of ether oxygens (including phenoxy) is 1. The molecule has 2 N–H and O–H groups in total. The van der Waals surface area contributed by atoms with E-state index in [0.29, 0.717) is 31.8 Å². The summed E-state index contributed by atoms with van der Waals surface area (Å²) in [5.41, 5.74) is 1.33. The third-order valence-corrected chi connectivity index (χ3v) is 4.32. The maximum atomic E-state index is 12.9. The monoisotopic (exact) mass is 371 g/mol. The van der Waals surface area contributed by atoms with Crippen molar-refractivity contribution < 1.29 is 18.7 Å². The van der Waals surface area contributed by atoms with Gasteiger partial charge in [-0.2, -0.15) is 0 Å². The Labute approximate surface area is 157 Å². The van der Waals surface area contributed by atoms with E-state index in [2.05, 4.69) is 10.6 Å². The topological polar surface area (TPSA) is 70.7 Å². The molecule has 1 atom stereocenters. The average molecular weight is 371 g/mol. The largest absolute Gasteiger partial charge is 0.494 e. The highest BCUT2D eigenvalue weighted by atomic mass is 19.1. The van der Waals surface area contributed by atoms with Gasteiger partial charge in [-0.1, -0.05) is 0 Å². The van der Waals surface area contributed by atoms with E-state index in [1.807, 2.05) is 31.2 Å². The maximum absolute atomic E-state index is 12.9. The van der Waals surface area contributed by atoms with E-state index in [-0.39, 0.29) is 23.7 Å². The minimum atomic E-state index is -0.381. The molecule has 142 valence electrons. The number of nitrogens with one attached hydrogen (secondary N) is 2. The highest BCUT2D eigenvalue weighted by molar-refractivity contribution is 5.96. The lowest BCUT2D eigenvalue weighted by Gasteiger charge is -2.17. The fraction of sp³-hybridized carbons (Fsp3) is 0.300. The summed E-state index contributed by atoms with van der Waals surface area (Å²) >= 11 is 0. The first-order chi connectivity index (χ1) is 13.0. The van der Waals surface area contributed by atoms with Crippen LogP contribution in [0.25, 0.3) is 0 Å². The molecule has 2 aromatic carbocycles. The molecule has 0 aromatic heterocycles. The van der Waals surface area contributed by atoms with E-state index in [1.165, 1.54) is 24.3 Å². The van der Waals surface area contributed by atoms with Crippen LogP contribution in [0.4, 0.5) is 20.6 Å². The number of halogens is 1. The molecule has 6 nitrogen and oxygen atoms in total. The molecule has 0 saturated carbocycles. The van der Waals surface area contributed by atoms with E-state index >= 15 is 0 Å². The Morgan fingerprint density at radius 1 is 1.19 bits per heavy atom. The Morgan fingerprint density at radius 2 is 1.89 bits per heavy atom. The summed E-state index contributed by atoms with van der Waals surface area (Å²) < 4.78 is 18.3. The van der Waals surface area contributed by atoms with Gasteiger partial charge in [0.25, 0.3) is 0 Å².